The molecule has 1 aliphatic heterocycles. The zero-order valence-electron chi connectivity index (χ0n) is 12.6. The lowest BCUT2D eigenvalue weighted by molar-refractivity contribution is 0.0782. The van der Waals surface area contributed by atoms with Crippen LogP contribution in [0.2, 0.25) is 0 Å². The molecule has 0 saturated carbocycles. The molecular weight excluding hydrogens is 252 g/mol. The zero-order chi connectivity index (χ0) is 14.7. The quantitative estimate of drug-likeness (QED) is 0.917. The molecule has 2 N–H and O–H groups in total. The molecule has 0 radical (unpaired) electrons. The molecule has 1 saturated heterocycles. The SMILES string of the molecule is CCC[C@@H]1CN(C(=O)c2ccc(C)cc2OC)C[C@H]1N. The topological polar surface area (TPSA) is 55.6 Å². The van der Waals surface area contributed by atoms with Crippen LogP contribution in [0.4, 0.5) is 0 Å². The Morgan fingerprint density at radius 1 is 1.45 bits per heavy atom. The first-order valence-electron chi connectivity index (χ1n) is 7.26. The highest BCUT2D eigenvalue weighted by Gasteiger charge is 2.33. The molecule has 4 heteroatoms. The number of likely N-dealkylation sites (tertiary alicyclic amines) is 1. The van der Waals surface area contributed by atoms with Gasteiger partial charge in [-0.2, -0.15) is 0 Å². The van der Waals surface area contributed by atoms with Crippen LogP contribution in [0.3, 0.4) is 0 Å². The number of nitrogens with zero attached hydrogens (tertiary/aromatic N) is 1. The molecular formula is C16H24N2O2. The number of hydrogen-bond acceptors (Lipinski definition) is 3. The number of aryl methyl sites for hydroxylation is 1. The molecule has 0 unspecified atom stereocenters. The van der Waals surface area contributed by atoms with Gasteiger partial charge in [0.2, 0.25) is 0 Å². The monoisotopic (exact) mass is 276 g/mol. The van der Waals surface area contributed by atoms with E-state index in [4.69, 9.17) is 10.5 Å². The first kappa shape index (κ1) is 14.9. The molecule has 1 amide bonds. The van der Waals surface area contributed by atoms with E-state index in [9.17, 15) is 4.79 Å². The van der Waals surface area contributed by atoms with Gasteiger partial charge in [-0.25, -0.2) is 0 Å². The number of benzene rings is 1. The Morgan fingerprint density at radius 2 is 2.20 bits per heavy atom. The predicted octanol–water partition coefficient (Wildman–Crippen LogP) is 2.20. The molecule has 0 spiro atoms. The van der Waals surface area contributed by atoms with Gasteiger partial charge in [0.15, 0.2) is 0 Å². The van der Waals surface area contributed by atoms with Crippen LogP contribution >= 0.6 is 0 Å². The van der Waals surface area contributed by atoms with Crippen molar-refractivity contribution in [1.82, 2.24) is 4.90 Å². The molecule has 1 aromatic rings. The summed E-state index contributed by atoms with van der Waals surface area (Å²) in [7, 11) is 1.60. The van der Waals surface area contributed by atoms with Crippen molar-refractivity contribution in [2.45, 2.75) is 32.7 Å². The molecule has 0 aliphatic carbocycles. The van der Waals surface area contributed by atoms with E-state index in [2.05, 4.69) is 6.92 Å². The summed E-state index contributed by atoms with van der Waals surface area (Å²) in [4.78, 5) is 14.5. The third kappa shape index (κ3) is 2.96. The van der Waals surface area contributed by atoms with Crippen molar-refractivity contribution in [2.24, 2.45) is 11.7 Å². The average Bonchev–Trinajstić information content (AvgIpc) is 2.80. The van der Waals surface area contributed by atoms with Crippen LogP contribution in [0.1, 0.15) is 35.7 Å². The molecule has 0 bridgehead atoms. The molecule has 4 nitrogen and oxygen atoms in total. The first-order valence-corrected chi connectivity index (χ1v) is 7.26. The molecule has 1 aromatic carbocycles. The van der Waals surface area contributed by atoms with Crippen LogP contribution in [-0.4, -0.2) is 37.0 Å². The van der Waals surface area contributed by atoms with Gasteiger partial charge < -0.3 is 15.4 Å². The minimum absolute atomic E-state index is 0.0240. The molecule has 1 heterocycles. The number of carbonyl (C=O) groups excluding carboxylic acids is 1. The summed E-state index contributed by atoms with van der Waals surface area (Å²) >= 11 is 0. The first-order chi connectivity index (χ1) is 9.56. The van der Waals surface area contributed by atoms with E-state index in [0.29, 0.717) is 23.8 Å². The Hall–Kier alpha value is -1.55. The van der Waals surface area contributed by atoms with Gasteiger partial charge in [-0.3, -0.25) is 4.79 Å². The van der Waals surface area contributed by atoms with Gasteiger partial charge >= 0.3 is 0 Å². The third-order valence-corrected chi connectivity index (χ3v) is 4.03. The fourth-order valence-electron chi connectivity index (χ4n) is 2.88. The highest BCUT2D eigenvalue weighted by atomic mass is 16.5. The van der Waals surface area contributed by atoms with Gasteiger partial charge in [0, 0.05) is 19.1 Å². The summed E-state index contributed by atoms with van der Waals surface area (Å²) < 4.78 is 5.33. The summed E-state index contributed by atoms with van der Waals surface area (Å²) in [6, 6.07) is 5.77. The Morgan fingerprint density at radius 3 is 2.85 bits per heavy atom. The van der Waals surface area contributed by atoms with E-state index in [1.165, 1.54) is 0 Å². The van der Waals surface area contributed by atoms with E-state index in [1.807, 2.05) is 30.0 Å². The zero-order valence-corrected chi connectivity index (χ0v) is 12.6. The average molecular weight is 276 g/mol. The van der Waals surface area contributed by atoms with Gasteiger partial charge in [-0.05, 0) is 37.0 Å². The highest BCUT2D eigenvalue weighted by Crippen LogP contribution is 2.26. The van der Waals surface area contributed by atoms with Crippen LogP contribution in [0.25, 0.3) is 0 Å². The van der Waals surface area contributed by atoms with Crippen LogP contribution in [-0.2, 0) is 0 Å². The normalized spacial score (nSPS) is 22.1. The van der Waals surface area contributed by atoms with Crippen LogP contribution in [0.15, 0.2) is 18.2 Å². The van der Waals surface area contributed by atoms with Crippen molar-refractivity contribution in [3.05, 3.63) is 29.3 Å². The van der Waals surface area contributed by atoms with Crippen LogP contribution in [0, 0.1) is 12.8 Å². The van der Waals surface area contributed by atoms with Gasteiger partial charge in [-0.15, -0.1) is 0 Å². The van der Waals surface area contributed by atoms with Crippen molar-refractivity contribution < 1.29 is 9.53 Å². The summed E-state index contributed by atoms with van der Waals surface area (Å²) in [5, 5.41) is 0. The van der Waals surface area contributed by atoms with Crippen LogP contribution < -0.4 is 10.5 Å². The van der Waals surface area contributed by atoms with Gasteiger partial charge in [-0.1, -0.05) is 19.4 Å². The van der Waals surface area contributed by atoms with E-state index < -0.39 is 0 Å². The Labute approximate surface area is 120 Å². The lowest BCUT2D eigenvalue weighted by Gasteiger charge is -2.18. The standard InChI is InChI=1S/C16H24N2O2/c1-4-5-12-9-18(10-14(12)17)16(19)13-7-6-11(2)8-15(13)20-3/h6-8,12,14H,4-5,9-10,17H2,1-3H3/t12-,14-/m1/s1. The lowest BCUT2D eigenvalue weighted by atomic mass is 9.99. The Balaban J connectivity index is 2.16. The number of carbonyl (C=O) groups is 1. The predicted molar refractivity (Wildman–Crippen MR) is 80.0 cm³/mol. The minimum Gasteiger partial charge on any atom is -0.496 e. The number of nitrogens with two attached hydrogens (primary N) is 1. The highest BCUT2D eigenvalue weighted by molar-refractivity contribution is 5.97. The molecule has 1 aliphatic rings. The fraction of sp³-hybridized carbons (Fsp3) is 0.562. The Bertz CT molecular complexity index is 487. The number of amides is 1. The lowest BCUT2D eigenvalue weighted by Crippen LogP contribution is -2.32. The summed E-state index contributed by atoms with van der Waals surface area (Å²) in [5.74, 6) is 1.08. The van der Waals surface area contributed by atoms with Gasteiger partial charge in [0.05, 0.1) is 12.7 Å². The molecule has 110 valence electrons. The van der Waals surface area contributed by atoms with Gasteiger partial charge in [0.25, 0.3) is 5.91 Å². The summed E-state index contributed by atoms with van der Waals surface area (Å²) in [6.07, 6.45) is 2.18. The van der Waals surface area contributed by atoms with Crippen molar-refractivity contribution in [2.75, 3.05) is 20.2 Å². The van der Waals surface area contributed by atoms with Gasteiger partial charge in [0.1, 0.15) is 5.75 Å². The van der Waals surface area contributed by atoms with Crippen molar-refractivity contribution >= 4 is 5.91 Å². The smallest absolute Gasteiger partial charge is 0.257 e. The maximum absolute atomic E-state index is 12.6. The molecule has 20 heavy (non-hydrogen) atoms. The number of ether oxygens (including phenoxy) is 1. The molecule has 0 aromatic heterocycles. The van der Waals surface area contributed by atoms with E-state index in [1.54, 1.807) is 7.11 Å². The second kappa shape index (κ2) is 6.27. The van der Waals surface area contributed by atoms with Crippen molar-refractivity contribution in [3.63, 3.8) is 0 Å². The Kier molecular flexibility index (Phi) is 4.65. The summed E-state index contributed by atoms with van der Waals surface area (Å²) in [6.45, 7) is 5.53. The summed E-state index contributed by atoms with van der Waals surface area (Å²) in [5.41, 5.74) is 7.85. The van der Waals surface area contributed by atoms with E-state index in [0.717, 1.165) is 24.9 Å². The number of hydrogen-bond donors (Lipinski definition) is 1. The second-order valence-electron chi connectivity index (χ2n) is 5.63. The molecule has 2 rings (SSSR count). The molecule has 2 atom stereocenters. The maximum Gasteiger partial charge on any atom is 0.257 e. The maximum atomic E-state index is 12.6. The van der Waals surface area contributed by atoms with Crippen molar-refractivity contribution in [1.29, 1.82) is 0 Å². The largest absolute Gasteiger partial charge is 0.496 e. The fourth-order valence-corrected chi connectivity index (χ4v) is 2.88. The van der Waals surface area contributed by atoms with Crippen molar-refractivity contribution in [3.8, 4) is 5.75 Å². The van der Waals surface area contributed by atoms with E-state index in [-0.39, 0.29) is 11.9 Å². The van der Waals surface area contributed by atoms with E-state index >= 15 is 0 Å². The number of methoxy groups -OCH3 is 1. The minimum atomic E-state index is 0.0240. The third-order valence-electron chi connectivity index (χ3n) is 4.03. The second-order valence-corrected chi connectivity index (χ2v) is 5.63. The van der Waals surface area contributed by atoms with Crippen LogP contribution in [0.5, 0.6) is 5.75 Å². The molecule has 1 fully saturated rings. The number of rotatable bonds is 4.